The van der Waals surface area contributed by atoms with E-state index in [4.69, 9.17) is 16.3 Å². The van der Waals surface area contributed by atoms with Crippen molar-refractivity contribution in [2.24, 2.45) is 0 Å². The molecular formula is C27H22ClNO5. The summed E-state index contributed by atoms with van der Waals surface area (Å²) in [5, 5.41) is 11.5. The minimum absolute atomic E-state index is 0.0194. The summed E-state index contributed by atoms with van der Waals surface area (Å²) in [6.07, 6.45) is 0.101. The van der Waals surface area contributed by atoms with Crippen LogP contribution in [0.1, 0.15) is 29.7 Å². The third-order valence-electron chi connectivity index (χ3n) is 5.53. The highest BCUT2D eigenvalue weighted by Gasteiger charge is 2.46. The minimum Gasteiger partial charge on any atom is -0.507 e. The van der Waals surface area contributed by atoms with Gasteiger partial charge in [-0.25, -0.2) is 0 Å². The Morgan fingerprint density at radius 2 is 1.71 bits per heavy atom. The SMILES string of the molecule is CCOC(=O)Cc1ccc(N2C(=O)C(=O)/C(=C(\O)c3cccc(Cl)c3)C2c2ccccc2)cc1. The van der Waals surface area contributed by atoms with Gasteiger partial charge in [0, 0.05) is 16.3 Å². The van der Waals surface area contributed by atoms with Gasteiger partial charge in [0.1, 0.15) is 5.76 Å². The lowest BCUT2D eigenvalue weighted by atomic mass is 9.95. The first-order valence-corrected chi connectivity index (χ1v) is 11.1. The van der Waals surface area contributed by atoms with Crippen LogP contribution in [0.25, 0.3) is 5.76 Å². The van der Waals surface area contributed by atoms with E-state index in [9.17, 15) is 19.5 Å². The van der Waals surface area contributed by atoms with Crippen molar-refractivity contribution in [1.82, 2.24) is 0 Å². The molecule has 4 rings (SSSR count). The predicted molar refractivity (Wildman–Crippen MR) is 129 cm³/mol. The topological polar surface area (TPSA) is 83.9 Å². The van der Waals surface area contributed by atoms with Crippen LogP contribution in [0, 0.1) is 0 Å². The number of hydrogen-bond acceptors (Lipinski definition) is 5. The molecule has 1 aliphatic heterocycles. The summed E-state index contributed by atoms with van der Waals surface area (Å²) in [5.74, 6) is -2.19. The number of rotatable bonds is 6. The van der Waals surface area contributed by atoms with Gasteiger partial charge in [0.15, 0.2) is 0 Å². The number of esters is 1. The number of nitrogens with zero attached hydrogens (tertiary/aromatic N) is 1. The molecule has 0 bridgehead atoms. The first kappa shape index (κ1) is 23.3. The molecule has 0 aromatic heterocycles. The number of Topliss-reactive ketones (excluding diaryl/α,β-unsaturated/α-hetero) is 1. The number of halogens is 1. The number of aliphatic hydroxyl groups excluding tert-OH is 1. The highest BCUT2D eigenvalue weighted by atomic mass is 35.5. The Labute approximate surface area is 202 Å². The molecule has 1 heterocycles. The van der Waals surface area contributed by atoms with E-state index in [2.05, 4.69) is 0 Å². The molecule has 1 saturated heterocycles. The van der Waals surface area contributed by atoms with Gasteiger partial charge in [0.05, 0.1) is 24.6 Å². The second kappa shape index (κ2) is 9.93. The number of amides is 1. The van der Waals surface area contributed by atoms with Gasteiger partial charge in [-0.15, -0.1) is 0 Å². The van der Waals surface area contributed by atoms with Crippen LogP contribution in [0.4, 0.5) is 5.69 Å². The summed E-state index contributed by atoms with van der Waals surface area (Å²) in [4.78, 5) is 39.5. The summed E-state index contributed by atoms with van der Waals surface area (Å²) in [5.41, 5.74) is 2.17. The fourth-order valence-corrected chi connectivity index (χ4v) is 4.18. The van der Waals surface area contributed by atoms with Crippen LogP contribution in [0.3, 0.4) is 0 Å². The number of carbonyl (C=O) groups is 3. The second-order valence-electron chi connectivity index (χ2n) is 7.74. The lowest BCUT2D eigenvalue weighted by Gasteiger charge is -2.25. The van der Waals surface area contributed by atoms with Gasteiger partial charge >= 0.3 is 5.97 Å². The predicted octanol–water partition coefficient (Wildman–Crippen LogP) is 5.07. The first-order chi connectivity index (χ1) is 16.4. The Morgan fingerprint density at radius 3 is 2.35 bits per heavy atom. The van der Waals surface area contributed by atoms with Crippen LogP contribution in [-0.2, 0) is 25.5 Å². The van der Waals surface area contributed by atoms with Gasteiger partial charge in [-0.3, -0.25) is 19.3 Å². The van der Waals surface area contributed by atoms with E-state index < -0.39 is 17.7 Å². The van der Waals surface area contributed by atoms with Crippen molar-refractivity contribution in [3.8, 4) is 0 Å². The van der Waals surface area contributed by atoms with E-state index in [1.807, 2.05) is 6.07 Å². The van der Waals surface area contributed by atoms with E-state index in [-0.39, 0.29) is 23.7 Å². The number of ether oxygens (including phenoxy) is 1. The molecule has 1 unspecified atom stereocenters. The lowest BCUT2D eigenvalue weighted by molar-refractivity contribution is -0.142. The Bertz CT molecular complexity index is 1270. The smallest absolute Gasteiger partial charge is 0.310 e. The van der Waals surface area contributed by atoms with Gasteiger partial charge in [0.2, 0.25) is 0 Å². The van der Waals surface area contributed by atoms with Gasteiger partial charge < -0.3 is 9.84 Å². The fraction of sp³-hybridized carbons (Fsp3) is 0.148. The second-order valence-corrected chi connectivity index (χ2v) is 8.17. The Morgan fingerprint density at radius 1 is 1.00 bits per heavy atom. The maximum Gasteiger partial charge on any atom is 0.310 e. The van der Waals surface area contributed by atoms with Crippen molar-refractivity contribution >= 4 is 40.7 Å². The van der Waals surface area contributed by atoms with Crippen molar-refractivity contribution in [2.45, 2.75) is 19.4 Å². The third kappa shape index (κ3) is 4.58. The summed E-state index contributed by atoms with van der Waals surface area (Å²) in [6, 6.07) is 21.4. The standard InChI is InChI=1S/C27H22ClNO5/c1-2-34-22(30)15-17-11-13-21(14-12-17)29-24(18-7-4-3-5-8-18)23(26(32)27(29)33)25(31)19-9-6-10-20(28)16-19/h3-14,16,24,31H,2,15H2,1H3/b25-23-. The average molecular weight is 476 g/mol. The van der Waals surface area contributed by atoms with Crippen molar-refractivity contribution in [2.75, 3.05) is 11.5 Å². The summed E-state index contributed by atoms with van der Waals surface area (Å²) >= 11 is 6.08. The normalized spacial score (nSPS) is 17.1. The van der Waals surface area contributed by atoms with Gasteiger partial charge in [-0.1, -0.05) is 66.2 Å². The zero-order valence-corrected chi connectivity index (χ0v) is 19.2. The summed E-state index contributed by atoms with van der Waals surface area (Å²) in [7, 11) is 0. The molecule has 0 radical (unpaired) electrons. The average Bonchev–Trinajstić information content (AvgIpc) is 3.10. The molecule has 3 aromatic rings. The van der Waals surface area contributed by atoms with E-state index in [0.717, 1.165) is 0 Å². The van der Waals surface area contributed by atoms with Crippen LogP contribution in [0.2, 0.25) is 5.02 Å². The van der Waals surface area contributed by atoms with Crippen molar-refractivity contribution < 1.29 is 24.2 Å². The molecule has 6 nitrogen and oxygen atoms in total. The Balaban J connectivity index is 1.79. The molecule has 1 atom stereocenters. The van der Waals surface area contributed by atoms with E-state index in [0.29, 0.717) is 34.0 Å². The Hall–Kier alpha value is -3.90. The molecule has 1 fully saturated rings. The number of aliphatic hydroxyl groups is 1. The van der Waals surface area contributed by atoms with Crippen LogP contribution in [0.5, 0.6) is 0 Å². The molecule has 3 aromatic carbocycles. The third-order valence-corrected chi connectivity index (χ3v) is 5.76. The molecule has 1 amide bonds. The van der Waals surface area contributed by atoms with Crippen LogP contribution in [-0.4, -0.2) is 29.4 Å². The Kier molecular flexibility index (Phi) is 6.80. The quantitative estimate of drug-likeness (QED) is 0.233. The van der Waals surface area contributed by atoms with Crippen LogP contribution in [0.15, 0.2) is 84.4 Å². The molecule has 1 aliphatic rings. The molecule has 0 spiro atoms. The van der Waals surface area contributed by atoms with Crippen molar-refractivity contribution in [3.05, 3.63) is 106 Å². The number of benzene rings is 3. The highest BCUT2D eigenvalue weighted by Crippen LogP contribution is 2.42. The van der Waals surface area contributed by atoms with Crippen molar-refractivity contribution in [1.29, 1.82) is 0 Å². The fourth-order valence-electron chi connectivity index (χ4n) is 3.99. The summed E-state index contributed by atoms with van der Waals surface area (Å²) < 4.78 is 4.98. The first-order valence-electron chi connectivity index (χ1n) is 10.8. The highest BCUT2D eigenvalue weighted by molar-refractivity contribution is 6.51. The largest absolute Gasteiger partial charge is 0.507 e. The molecule has 172 valence electrons. The molecule has 7 heteroatoms. The molecule has 1 N–H and O–H groups in total. The zero-order chi connectivity index (χ0) is 24.2. The monoisotopic (exact) mass is 475 g/mol. The van der Waals surface area contributed by atoms with E-state index in [1.165, 1.54) is 11.0 Å². The maximum absolute atomic E-state index is 13.2. The number of anilines is 1. The number of ketones is 1. The number of carbonyl (C=O) groups excluding carboxylic acids is 3. The van der Waals surface area contributed by atoms with Crippen molar-refractivity contribution in [3.63, 3.8) is 0 Å². The minimum atomic E-state index is -0.837. The molecule has 0 aliphatic carbocycles. The van der Waals surface area contributed by atoms with Gasteiger partial charge in [-0.05, 0) is 42.3 Å². The zero-order valence-electron chi connectivity index (χ0n) is 18.4. The lowest BCUT2D eigenvalue weighted by Crippen LogP contribution is -2.29. The van der Waals surface area contributed by atoms with Gasteiger partial charge in [0.25, 0.3) is 11.7 Å². The number of hydrogen-bond donors (Lipinski definition) is 1. The maximum atomic E-state index is 13.2. The van der Waals surface area contributed by atoms with Crippen LogP contribution >= 0.6 is 11.6 Å². The molecular weight excluding hydrogens is 454 g/mol. The van der Waals surface area contributed by atoms with E-state index >= 15 is 0 Å². The van der Waals surface area contributed by atoms with Crippen LogP contribution < -0.4 is 4.90 Å². The molecule has 34 heavy (non-hydrogen) atoms. The van der Waals surface area contributed by atoms with Gasteiger partial charge in [-0.2, -0.15) is 0 Å². The van der Waals surface area contributed by atoms with E-state index in [1.54, 1.807) is 73.7 Å². The molecule has 0 saturated carbocycles. The summed E-state index contributed by atoms with van der Waals surface area (Å²) in [6.45, 7) is 2.04.